The van der Waals surface area contributed by atoms with Gasteiger partial charge in [0.05, 0.1) is 5.69 Å². The minimum atomic E-state index is 0.282. The molecule has 1 aromatic rings. The van der Waals surface area contributed by atoms with Gasteiger partial charge in [-0.1, -0.05) is 13.8 Å². The average Bonchev–Trinajstić information content (AvgIpc) is 2.34. The average molecular weight is 167 g/mol. The van der Waals surface area contributed by atoms with Crippen LogP contribution in [0.4, 0.5) is 0 Å². The van der Waals surface area contributed by atoms with Gasteiger partial charge < -0.3 is 9.21 Å². The summed E-state index contributed by atoms with van der Waals surface area (Å²) in [5.41, 5.74) is 0.758. The smallest absolute Gasteiger partial charge is 0.197 e. The number of carbonyl (C=O) groups excluding carboxylic acids is 1. The number of oxazole rings is 1. The second-order valence-corrected chi connectivity index (χ2v) is 3.08. The summed E-state index contributed by atoms with van der Waals surface area (Å²) in [5.74, 6) is 1.75. The van der Waals surface area contributed by atoms with Gasteiger partial charge in [-0.05, 0) is 6.92 Å². The molecule has 0 aliphatic carbocycles. The van der Waals surface area contributed by atoms with E-state index in [2.05, 4.69) is 4.98 Å². The summed E-state index contributed by atoms with van der Waals surface area (Å²) in [6.07, 6.45) is 1.19. The van der Waals surface area contributed by atoms with Crippen LogP contribution in [0.25, 0.3) is 0 Å². The zero-order valence-corrected chi connectivity index (χ0v) is 7.63. The molecule has 0 radical (unpaired) electrons. The predicted molar refractivity (Wildman–Crippen MR) is 45.1 cm³/mol. The van der Waals surface area contributed by atoms with Gasteiger partial charge in [0.1, 0.15) is 12.0 Å². The van der Waals surface area contributed by atoms with Gasteiger partial charge in [-0.3, -0.25) is 0 Å². The molecule has 0 saturated carbocycles. The Bertz CT molecular complexity index is 276. The first-order valence-electron chi connectivity index (χ1n) is 4.05. The van der Waals surface area contributed by atoms with Gasteiger partial charge in [0.15, 0.2) is 5.89 Å². The quantitative estimate of drug-likeness (QED) is 0.645. The van der Waals surface area contributed by atoms with Crippen LogP contribution in [0.5, 0.6) is 0 Å². The van der Waals surface area contributed by atoms with Crippen LogP contribution in [-0.2, 0) is 11.2 Å². The third-order valence-corrected chi connectivity index (χ3v) is 1.68. The molecular formula is C9H13NO2. The molecule has 0 atom stereocenters. The lowest BCUT2D eigenvalue weighted by Gasteiger charge is -1.94. The second-order valence-electron chi connectivity index (χ2n) is 3.08. The van der Waals surface area contributed by atoms with E-state index in [1.807, 2.05) is 20.8 Å². The Kier molecular flexibility index (Phi) is 2.63. The Balaban J connectivity index is 2.91. The minimum Gasteiger partial charge on any atom is -0.445 e. The molecule has 0 amide bonds. The lowest BCUT2D eigenvalue weighted by Crippen LogP contribution is -1.90. The van der Waals surface area contributed by atoms with E-state index in [9.17, 15) is 4.79 Å². The Morgan fingerprint density at radius 3 is 2.67 bits per heavy atom. The van der Waals surface area contributed by atoms with E-state index in [0.717, 1.165) is 17.7 Å². The van der Waals surface area contributed by atoms with Crippen molar-refractivity contribution in [3.05, 3.63) is 17.3 Å². The molecule has 0 spiro atoms. The zero-order chi connectivity index (χ0) is 9.14. The monoisotopic (exact) mass is 167 g/mol. The van der Waals surface area contributed by atoms with Crippen LogP contribution in [0.3, 0.4) is 0 Å². The molecule has 3 heteroatoms. The van der Waals surface area contributed by atoms with Crippen molar-refractivity contribution in [3.63, 3.8) is 0 Å². The van der Waals surface area contributed by atoms with Crippen LogP contribution in [0.2, 0.25) is 0 Å². The van der Waals surface area contributed by atoms with Crippen molar-refractivity contribution in [1.29, 1.82) is 0 Å². The molecule has 0 unspecified atom stereocenters. The van der Waals surface area contributed by atoms with Gasteiger partial charge >= 0.3 is 0 Å². The summed E-state index contributed by atoms with van der Waals surface area (Å²) in [6.45, 7) is 5.85. The van der Waals surface area contributed by atoms with Gasteiger partial charge in [-0.25, -0.2) is 4.98 Å². The highest BCUT2D eigenvalue weighted by molar-refractivity contribution is 5.54. The van der Waals surface area contributed by atoms with Crippen LogP contribution in [0.1, 0.15) is 37.1 Å². The molecule has 1 rings (SSSR count). The van der Waals surface area contributed by atoms with Crippen molar-refractivity contribution in [1.82, 2.24) is 4.98 Å². The topological polar surface area (TPSA) is 43.1 Å². The van der Waals surface area contributed by atoms with Crippen molar-refractivity contribution in [2.75, 3.05) is 0 Å². The van der Waals surface area contributed by atoms with Crippen molar-refractivity contribution in [2.24, 2.45) is 0 Å². The van der Waals surface area contributed by atoms with Crippen molar-refractivity contribution in [3.8, 4) is 0 Å². The van der Waals surface area contributed by atoms with Gasteiger partial charge in [-0.15, -0.1) is 0 Å². The lowest BCUT2D eigenvalue weighted by atomic mass is 10.2. The lowest BCUT2D eigenvalue weighted by molar-refractivity contribution is -0.107. The fourth-order valence-corrected chi connectivity index (χ4v) is 0.966. The molecule has 1 heterocycles. The maximum atomic E-state index is 10.2. The number of aldehydes is 1. The largest absolute Gasteiger partial charge is 0.445 e. The fourth-order valence-electron chi connectivity index (χ4n) is 0.966. The third kappa shape index (κ3) is 1.72. The number of hydrogen-bond acceptors (Lipinski definition) is 3. The normalized spacial score (nSPS) is 10.7. The highest BCUT2D eigenvalue weighted by Gasteiger charge is 2.11. The van der Waals surface area contributed by atoms with Crippen LogP contribution in [0.15, 0.2) is 4.42 Å². The number of aromatic nitrogens is 1. The summed E-state index contributed by atoms with van der Waals surface area (Å²) in [4.78, 5) is 14.4. The number of rotatable bonds is 3. The van der Waals surface area contributed by atoms with Crippen LogP contribution >= 0.6 is 0 Å². The summed E-state index contributed by atoms with van der Waals surface area (Å²) in [6, 6.07) is 0. The van der Waals surface area contributed by atoms with Crippen molar-refractivity contribution < 1.29 is 9.21 Å². The minimum absolute atomic E-state index is 0.282. The van der Waals surface area contributed by atoms with E-state index in [1.165, 1.54) is 0 Å². The molecule has 0 aromatic carbocycles. The zero-order valence-electron chi connectivity index (χ0n) is 7.63. The second kappa shape index (κ2) is 3.52. The Morgan fingerprint density at radius 1 is 1.58 bits per heavy atom. The SMILES string of the molecule is Cc1oc(C(C)C)nc1CC=O. The molecule has 0 fully saturated rings. The van der Waals surface area contributed by atoms with Crippen LogP contribution in [-0.4, -0.2) is 11.3 Å². The van der Waals surface area contributed by atoms with Crippen molar-refractivity contribution in [2.45, 2.75) is 33.1 Å². The summed E-state index contributed by atoms with van der Waals surface area (Å²) in [5, 5.41) is 0. The number of hydrogen-bond donors (Lipinski definition) is 0. The summed E-state index contributed by atoms with van der Waals surface area (Å²) in [7, 11) is 0. The molecular weight excluding hydrogens is 154 g/mol. The highest BCUT2D eigenvalue weighted by Crippen LogP contribution is 2.17. The third-order valence-electron chi connectivity index (χ3n) is 1.68. The van der Waals surface area contributed by atoms with Gasteiger partial charge in [-0.2, -0.15) is 0 Å². The standard InChI is InChI=1S/C9H13NO2/c1-6(2)9-10-8(4-5-11)7(3)12-9/h5-6H,4H2,1-3H3. The first kappa shape index (κ1) is 8.97. The predicted octanol–water partition coefficient (Wildman–Crippen LogP) is 1.85. The highest BCUT2D eigenvalue weighted by atomic mass is 16.4. The molecule has 12 heavy (non-hydrogen) atoms. The molecule has 0 aliphatic heterocycles. The molecule has 66 valence electrons. The molecule has 1 aromatic heterocycles. The van der Waals surface area contributed by atoms with E-state index in [4.69, 9.17) is 4.42 Å². The van der Waals surface area contributed by atoms with E-state index in [1.54, 1.807) is 0 Å². The maximum absolute atomic E-state index is 10.2. The van der Waals surface area contributed by atoms with Crippen LogP contribution < -0.4 is 0 Å². The Morgan fingerprint density at radius 2 is 2.25 bits per heavy atom. The van der Waals surface area contributed by atoms with E-state index < -0.39 is 0 Å². The molecule has 0 N–H and O–H groups in total. The van der Waals surface area contributed by atoms with E-state index in [0.29, 0.717) is 12.3 Å². The molecule has 3 nitrogen and oxygen atoms in total. The number of nitrogens with zero attached hydrogens (tertiary/aromatic N) is 1. The molecule has 0 aliphatic rings. The molecule has 0 saturated heterocycles. The van der Waals surface area contributed by atoms with Crippen LogP contribution in [0, 0.1) is 6.92 Å². The van der Waals surface area contributed by atoms with E-state index in [-0.39, 0.29) is 5.92 Å². The Hall–Kier alpha value is -1.12. The van der Waals surface area contributed by atoms with Gasteiger partial charge in [0, 0.05) is 12.3 Å². The number of aryl methyl sites for hydroxylation is 1. The maximum Gasteiger partial charge on any atom is 0.197 e. The van der Waals surface area contributed by atoms with E-state index >= 15 is 0 Å². The number of carbonyl (C=O) groups is 1. The summed E-state index contributed by atoms with van der Waals surface area (Å²) >= 11 is 0. The first-order chi connectivity index (χ1) is 5.65. The van der Waals surface area contributed by atoms with Crippen molar-refractivity contribution >= 4 is 6.29 Å². The first-order valence-corrected chi connectivity index (χ1v) is 4.05. The molecule has 0 bridgehead atoms. The summed E-state index contributed by atoms with van der Waals surface area (Å²) < 4.78 is 5.36. The van der Waals surface area contributed by atoms with Gasteiger partial charge in [0.2, 0.25) is 0 Å². The van der Waals surface area contributed by atoms with Gasteiger partial charge in [0.25, 0.3) is 0 Å². The fraction of sp³-hybridized carbons (Fsp3) is 0.556. The Labute approximate surface area is 71.8 Å².